The smallest absolute Gasteiger partial charge is 0.287 e. The van der Waals surface area contributed by atoms with E-state index in [1.807, 2.05) is 41.6 Å². The Morgan fingerprint density at radius 2 is 2.25 bits per heavy atom. The van der Waals surface area contributed by atoms with Crippen LogP contribution in [0.15, 0.2) is 34.9 Å². The van der Waals surface area contributed by atoms with E-state index >= 15 is 0 Å². The first-order chi connectivity index (χ1) is 9.65. The van der Waals surface area contributed by atoms with E-state index in [4.69, 9.17) is 15.1 Å². The Bertz CT molecular complexity index is 597. The third-order valence-corrected chi connectivity index (χ3v) is 2.81. The third-order valence-electron chi connectivity index (χ3n) is 2.81. The Balaban J connectivity index is 2.13. The summed E-state index contributed by atoms with van der Waals surface area (Å²) in [6.07, 6.45) is 0. The lowest BCUT2D eigenvalue weighted by atomic mass is 10.2. The maximum absolute atomic E-state index is 11.3. The lowest BCUT2D eigenvalue weighted by Gasteiger charge is -2.20. The molecule has 0 aliphatic heterocycles. The minimum atomic E-state index is -0.486. The number of hydrazine groups is 1. The first kappa shape index (κ1) is 13.9. The molecule has 106 valence electrons. The van der Waals surface area contributed by atoms with E-state index in [0.717, 1.165) is 11.4 Å². The van der Waals surface area contributed by atoms with Crippen LogP contribution in [-0.2, 0) is 6.54 Å². The van der Waals surface area contributed by atoms with Crippen LogP contribution >= 0.6 is 0 Å². The van der Waals surface area contributed by atoms with Crippen LogP contribution in [0.2, 0.25) is 0 Å². The maximum atomic E-state index is 11.3. The molecule has 0 unspecified atom stereocenters. The number of para-hydroxylation sites is 2. The maximum Gasteiger partial charge on any atom is 0.287 e. The first-order valence-corrected chi connectivity index (χ1v) is 5.96. The zero-order valence-corrected chi connectivity index (χ0v) is 11.3. The van der Waals surface area contributed by atoms with Crippen molar-refractivity contribution in [2.24, 2.45) is 5.84 Å². The van der Waals surface area contributed by atoms with Gasteiger partial charge in [-0.1, -0.05) is 17.3 Å². The molecule has 1 aromatic heterocycles. The average Bonchev–Trinajstić information content (AvgIpc) is 2.94. The van der Waals surface area contributed by atoms with Crippen molar-refractivity contribution in [3.05, 3.63) is 41.8 Å². The fourth-order valence-corrected chi connectivity index (χ4v) is 1.83. The molecule has 0 saturated heterocycles. The van der Waals surface area contributed by atoms with Gasteiger partial charge in [-0.15, -0.1) is 0 Å². The predicted octanol–water partition coefficient (Wildman–Crippen LogP) is 0.923. The molecule has 0 bridgehead atoms. The van der Waals surface area contributed by atoms with Crippen molar-refractivity contribution >= 4 is 11.6 Å². The Hall–Kier alpha value is -2.54. The van der Waals surface area contributed by atoms with Crippen LogP contribution in [0.4, 0.5) is 5.69 Å². The van der Waals surface area contributed by atoms with Crippen LogP contribution in [0, 0.1) is 0 Å². The van der Waals surface area contributed by atoms with Gasteiger partial charge in [0.15, 0.2) is 11.5 Å². The normalized spacial score (nSPS) is 10.2. The van der Waals surface area contributed by atoms with Crippen molar-refractivity contribution in [1.29, 1.82) is 0 Å². The standard InChI is InChI=1S/C13H16N4O3/c1-17(11-5-3-4-6-12(11)19-2)8-9-7-10(16-20-9)13(18)15-14/h3-7H,8,14H2,1-2H3,(H,15,18). The minimum absolute atomic E-state index is 0.149. The summed E-state index contributed by atoms with van der Waals surface area (Å²) in [7, 11) is 3.51. The molecule has 2 rings (SSSR count). The molecule has 0 saturated carbocycles. The molecule has 1 heterocycles. The van der Waals surface area contributed by atoms with Crippen LogP contribution in [0.3, 0.4) is 0 Å². The van der Waals surface area contributed by atoms with Crippen molar-refractivity contribution in [3.8, 4) is 5.75 Å². The van der Waals surface area contributed by atoms with E-state index in [2.05, 4.69) is 5.16 Å². The van der Waals surface area contributed by atoms with Crippen molar-refractivity contribution in [1.82, 2.24) is 10.6 Å². The topological polar surface area (TPSA) is 93.6 Å². The molecule has 0 aliphatic carbocycles. The van der Waals surface area contributed by atoms with Gasteiger partial charge in [-0.25, -0.2) is 5.84 Å². The van der Waals surface area contributed by atoms with Crippen LogP contribution in [0.5, 0.6) is 5.75 Å². The second-order valence-corrected chi connectivity index (χ2v) is 4.18. The number of methoxy groups -OCH3 is 1. The molecule has 0 radical (unpaired) electrons. The van der Waals surface area contributed by atoms with Crippen LogP contribution in [-0.4, -0.2) is 25.2 Å². The molecule has 0 spiro atoms. The number of nitrogens with zero attached hydrogens (tertiary/aromatic N) is 2. The summed E-state index contributed by atoms with van der Waals surface area (Å²) >= 11 is 0. The Morgan fingerprint density at radius 1 is 1.50 bits per heavy atom. The van der Waals surface area contributed by atoms with Crippen LogP contribution < -0.4 is 20.9 Å². The number of ether oxygens (including phenoxy) is 1. The van der Waals surface area contributed by atoms with Crippen molar-refractivity contribution in [2.45, 2.75) is 6.54 Å². The third kappa shape index (κ3) is 2.89. The van der Waals surface area contributed by atoms with Crippen LogP contribution in [0.25, 0.3) is 0 Å². The van der Waals surface area contributed by atoms with E-state index < -0.39 is 5.91 Å². The molecule has 7 heteroatoms. The number of benzene rings is 1. The number of hydrogen-bond donors (Lipinski definition) is 2. The van der Waals surface area contributed by atoms with Gasteiger partial charge in [0, 0.05) is 13.1 Å². The van der Waals surface area contributed by atoms with Gasteiger partial charge in [0.05, 0.1) is 19.3 Å². The first-order valence-electron chi connectivity index (χ1n) is 5.96. The highest BCUT2D eigenvalue weighted by Gasteiger charge is 2.14. The summed E-state index contributed by atoms with van der Waals surface area (Å²) in [5.41, 5.74) is 3.06. The Morgan fingerprint density at radius 3 is 2.95 bits per heavy atom. The summed E-state index contributed by atoms with van der Waals surface area (Å²) in [6.45, 7) is 0.450. The van der Waals surface area contributed by atoms with E-state index in [1.165, 1.54) is 0 Å². The van der Waals surface area contributed by atoms with Gasteiger partial charge in [0.25, 0.3) is 5.91 Å². The van der Waals surface area contributed by atoms with Gasteiger partial charge >= 0.3 is 0 Å². The van der Waals surface area contributed by atoms with Gasteiger partial charge in [-0.05, 0) is 12.1 Å². The molecule has 0 aliphatic rings. The van der Waals surface area contributed by atoms with Gasteiger partial charge in [-0.2, -0.15) is 0 Å². The summed E-state index contributed by atoms with van der Waals surface area (Å²) in [5.74, 6) is 5.86. The number of nitrogens with one attached hydrogen (secondary N) is 1. The molecule has 1 amide bonds. The fraction of sp³-hybridized carbons (Fsp3) is 0.231. The number of rotatable bonds is 5. The van der Waals surface area contributed by atoms with Gasteiger partial charge < -0.3 is 14.2 Å². The molecule has 2 aromatic rings. The van der Waals surface area contributed by atoms with E-state index in [9.17, 15) is 4.79 Å². The second kappa shape index (κ2) is 6.07. The van der Waals surface area contributed by atoms with Crippen LogP contribution in [0.1, 0.15) is 16.2 Å². The molecular weight excluding hydrogens is 260 g/mol. The molecular formula is C13H16N4O3. The highest BCUT2D eigenvalue weighted by molar-refractivity contribution is 5.91. The number of anilines is 1. The van der Waals surface area contributed by atoms with Gasteiger partial charge in [-0.3, -0.25) is 10.2 Å². The zero-order valence-electron chi connectivity index (χ0n) is 11.3. The Kier molecular flexibility index (Phi) is 4.21. The monoisotopic (exact) mass is 276 g/mol. The number of aromatic nitrogens is 1. The van der Waals surface area contributed by atoms with E-state index in [1.54, 1.807) is 13.2 Å². The summed E-state index contributed by atoms with van der Waals surface area (Å²) in [6, 6.07) is 9.17. The van der Waals surface area contributed by atoms with E-state index in [0.29, 0.717) is 12.3 Å². The highest BCUT2D eigenvalue weighted by Crippen LogP contribution is 2.27. The SMILES string of the molecule is COc1ccccc1N(C)Cc1cc(C(=O)NN)no1. The average molecular weight is 276 g/mol. The number of carbonyl (C=O) groups excluding carboxylic acids is 1. The predicted molar refractivity (Wildman–Crippen MR) is 73.3 cm³/mol. The molecule has 7 nitrogen and oxygen atoms in total. The second-order valence-electron chi connectivity index (χ2n) is 4.18. The highest BCUT2D eigenvalue weighted by atomic mass is 16.5. The molecule has 20 heavy (non-hydrogen) atoms. The number of amides is 1. The van der Waals surface area contributed by atoms with Gasteiger partial charge in [0.2, 0.25) is 0 Å². The van der Waals surface area contributed by atoms with E-state index in [-0.39, 0.29) is 5.69 Å². The number of hydrogen-bond acceptors (Lipinski definition) is 6. The molecule has 0 atom stereocenters. The van der Waals surface area contributed by atoms with Gasteiger partial charge in [0.1, 0.15) is 5.75 Å². The van der Waals surface area contributed by atoms with Crippen molar-refractivity contribution in [2.75, 3.05) is 19.1 Å². The molecule has 3 N–H and O–H groups in total. The molecule has 1 aromatic carbocycles. The summed E-state index contributed by atoms with van der Waals surface area (Å²) in [4.78, 5) is 13.2. The summed E-state index contributed by atoms with van der Waals surface area (Å²) < 4.78 is 10.4. The number of carbonyl (C=O) groups is 1. The minimum Gasteiger partial charge on any atom is -0.495 e. The summed E-state index contributed by atoms with van der Waals surface area (Å²) in [5, 5.41) is 3.65. The zero-order chi connectivity index (χ0) is 14.5. The number of nitrogen functional groups attached to an aromatic ring is 1. The van der Waals surface area contributed by atoms with Crippen molar-refractivity contribution in [3.63, 3.8) is 0 Å². The number of nitrogens with two attached hydrogens (primary N) is 1. The Labute approximate surface area is 116 Å². The molecule has 0 fully saturated rings. The largest absolute Gasteiger partial charge is 0.495 e. The van der Waals surface area contributed by atoms with Crippen molar-refractivity contribution < 1.29 is 14.1 Å². The fourth-order valence-electron chi connectivity index (χ4n) is 1.83. The quantitative estimate of drug-likeness (QED) is 0.479. The lowest BCUT2D eigenvalue weighted by Crippen LogP contribution is -2.30. The lowest BCUT2D eigenvalue weighted by molar-refractivity contribution is 0.0944.